The summed E-state index contributed by atoms with van der Waals surface area (Å²) < 4.78 is 10.6. The van der Waals surface area contributed by atoms with Gasteiger partial charge in [0.25, 0.3) is 0 Å². The van der Waals surface area contributed by atoms with Gasteiger partial charge in [-0.3, -0.25) is 10.1 Å². The van der Waals surface area contributed by atoms with Crippen LogP contribution < -0.4 is 10.2 Å². The van der Waals surface area contributed by atoms with Crippen molar-refractivity contribution in [3.63, 3.8) is 0 Å². The molecular weight excluding hydrogens is 334 g/mol. The average Bonchev–Trinajstić information content (AvgIpc) is 2.41. The van der Waals surface area contributed by atoms with Crippen molar-refractivity contribution in [2.75, 3.05) is 36.5 Å². The second-order valence-corrected chi connectivity index (χ2v) is 8.58. The van der Waals surface area contributed by atoms with Gasteiger partial charge in [-0.1, -0.05) is 13.8 Å². The number of ketones is 1. The second kappa shape index (κ2) is 6.54. The minimum absolute atomic E-state index is 0.116. The molecule has 0 atom stereocenters. The number of hydrogen-bond acceptors (Lipinski definition) is 6. The van der Waals surface area contributed by atoms with Crippen LogP contribution in [0.2, 0.25) is 0 Å². The van der Waals surface area contributed by atoms with Crippen LogP contribution in [0.25, 0.3) is 0 Å². The highest BCUT2D eigenvalue weighted by molar-refractivity contribution is 6.03. The molecule has 0 unspecified atom stereocenters. The Labute approximate surface area is 154 Å². The van der Waals surface area contributed by atoms with Crippen molar-refractivity contribution in [3.05, 3.63) is 18.0 Å². The first kappa shape index (κ1) is 18.6. The lowest BCUT2D eigenvalue weighted by Gasteiger charge is -2.55. The molecule has 7 nitrogen and oxygen atoms in total. The number of rotatable bonds is 4. The van der Waals surface area contributed by atoms with Crippen LogP contribution in [0, 0.1) is 11.3 Å². The summed E-state index contributed by atoms with van der Waals surface area (Å²) in [6, 6.07) is 1.80. The molecule has 1 amide bonds. The Kier molecular flexibility index (Phi) is 4.69. The topological polar surface area (TPSA) is 80.8 Å². The summed E-state index contributed by atoms with van der Waals surface area (Å²) in [4.78, 5) is 31.2. The molecule has 0 aromatic carbocycles. The zero-order chi connectivity index (χ0) is 19.1. The molecule has 26 heavy (non-hydrogen) atoms. The molecule has 0 bridgehead atoms. The lowest BCUT2D eigenvalue weighted by Crippen LogP contribution is -2.66. The maximum atomic E-state index is 12.5. The van der Waals surface area contributed by atoms with E-state index in [0.29, 0.717) is 5.69 Å². The van der Waals surface area contributed by atoms with Gasteiger partial charge in [0.05, 0.1) is 36.2 Å². The second-order valence-electron chi connectivity index (χ2n) is 8.58. The highest BCUT2D eigenvalue weighted by Crippen LogP contribution is 2.40. The maximum absolute atomic E-state index is 12.5. The van der Waals surface area contributed by atoms with Gasteiger partial charge in [0.2, 0.25) is 0 Å². The number of anilines is 2. The number of aromatic nitrogens is 1. The lowest BCUT2D eigenvalue weighted by atomic mass is 9.78. The predicted octanol–water partition coefficient (Wildman–Crippen LogP) is 3.10. The van der Waals surface area contributed by atoms with Gasteiger partial charge in [0, 0.05) is 19.0 Å². The zero-order valence-corrected chi connectivity index (χ0v) is 16.1. The first-order chi connectivity index (χ1) is 12.1. The van der Waals surface area contributed by atoms with E-state index in [0.717, 1.165) is 32.0 Å². The van der Waals surface area contributed by atoms with E-state index in [1.54, 1.807) is 33.0 Å². The highest BCUT2D eigenvalue weighted by atomic mass is 16.6. The third-order valence-electron chi connectivity index (χ3n) is 4.50. The van der Waals surface area contributed by atoms with E-state index in [1.807, 2.05) is 13.8 Å². The largest absolute Gasteiger partial charge is 0.444 e. The number of nitrogens with zero attached hydrogens (tertiary/aromatic N) is 2. The van der Waals surface area contributed by atoms with Crippen molar-refractivity contribution >= 4 is 23.3 Å². The van der Waals surface area contributed by atoms with Gasteiger partial charge in [-0.2, -0.15) is 0 Å². The van der Waals surface area contributed by atoms with E-state index in [9.17, 15) is 9.59 Å². The van der Waals surface area contributed by atoms with E-state index >= 15 is 0 Å². The Hall–Kier alpha value is -2.15. The van der Waals surface area contributed by atoms with Crippen LogP contribution >= 0.6 is 0 Å². The van der Waals surface area contributed by atoms with Crippen LogP contribution in [0.3, 0.4) is 0 Å². The summed E-state index contributed by atoms with van der Waals surface area (Å²) in [5.74, 6) is -0.331. The molecule has 2 aliphatic rings. The van der Waals surface area contributed by atoms with Gasteiger partial charge < -0.3 is 14.4 Å². The van der Waals surface area contributed by atoms with E-state index in [4.69, 9.17) is 9.47 Å². The van der Waals surface area contributed by atoms with E-state index < -0.39 is 11.7 Å². The maximum Gasteiger partial charge on any atom is 0.412 e. The Bertz CT molecular complexity index is 712. The third-order valence-corrected chi connectivity index (χ3v) is 4.50. The Morgan fingerprint density at radius 3 is 2.46 bits per heavy atom. The molecule has 7 heteroatoms. The van der Waals surface area contributed by atoms with Crippen molar-refractivity contribution in [1.82, 2.24) is 4.98 Å². The van der Waals surface area contributed by atoms with E-state index in [1.165, 1.54) is 0 Å². The normalized spacial score (nSPS) is 18.3. The van der Waals surface area contributed by atoms with Gasteiger partial charge in [0.15, 0.2) is 5.78 Å². The third kappa shape index (κ3) is 3.82. The number of ether oxygens (including phenoxy) is 2. The summed E-state index contributed by atoms with van der Waals surface area (Å²) in [6.45, 7) is 12.4. The Morgan fingerprint density at radius 2 is 1.96 bits per heavy atom. The lowest BCUT2D eigenvalue weighted by molar-refractivity contribution is -0.127. The monoisotopic (exact) mass is 361 g/mol. The van der Waals surface area contributed by atoms with Gasteiger partial charge in [-0.25, -0.2) is 9.78 Å². The van der Waals surface area contributed by atoms with Crippen LogP contribution in [-0.4, -0.2) is 48.8 Å². The molecule has 3 heterocycles. The molecule has 142 valence electrons. The molecule has 0 radical (unpaired) electrons. The summed E-state index contributed by atoms with van der Waals surface area (Å²) >= 11 is 0. The van der Waals surface area contributed by atoms with Gasteiger partial charge in [0.1, 0.15) is 11.3 Å². The first-order valence-corrected chi connectivity index (χ1v) is 8.96. The van der Waals surface area contributed by atoms with Crippen LogP contribution in [0.5, 0.6) is 0 Å². The molecule has 0 saturated carbocycles. The number of Topliss-reactive ketones (excluding diaryl/α,β-unsaturated/α-hetero) is 1. The molecule has 1 N–H and O–H groups in total. The van der Waals surface area contributed by atoms with E-state index in [2.05, 4.69) is 15.2 Å². The molecule has 1 aromatic heterocycles. The van der Waals surface area contributed by atoms with Crippen LogP contribution in [0.15, 0.2) is 12.3 Å². The zero-order valence-electron chi connectivity index (χ0n) is 16.1. The quantitative estimate of drug-likeness (QED) is 0.830. The molecule has 2 fully saturated rings. The fraction of sp³-hybridized carbons (Fsp3) is 0.632. The fourth-order valence-electron chi connectivity index (χ4n) is 3.12. The molecule has 1 spiro atoms. The van der Waals surface area contributed by atoms with E-state index in [-0.39, 0.29) is 22.8 Å². The molecule has 1 aromatic rings. The Morgan fingerprint density at radius 1 is 1.31 bits per heavy atom. The minimum atomic E-state index is -0.620. The van der Waals surface area contributed by atoms with Gasteiger partial charge >= 0.3 is 6.09 Å². The highest BCUT2D eigenvalue weighted by Gasteiger charge is 2.49. The smallest absolute Gasteiger partial charge is 0.412 e. The summed E-state index contributed by atoms with van der Waals surface area (Å²) in [6.07, 6.45) is 1.10. The van der Waals surface area contributed by atoms with Crippen LogP contribution in [0.1, 0.15) is 45.1 Å². The molecular formula is C19H27N3O4. The van der Waals surface area contributed by atoms with Crippen molar-refractivity contribution in [1.29, 1.82) is 0 Å². The van der Waals surface area contributed by atoms with Gasteiger partial charge in [-0.15, -0.1) is 0 Å². The van der Waals surface area contributed by atoms with Crippen LogP contribution in [0.4, 0.5) is 16.2 Å². The van der Waals surface area contributed by atoms with Crippen molar-refractivity contribution < 1.29 is 19.1 Å². The molecule has 3 rings (SSSR count). The number of carbonyl (C=O) groups is 2. The van der Waals surface area contributed by atoms with Crippen molar-refractivity contribution in [3.8, 4) is 0 Å². The predicted molar refractivity (Wildman–Crippen MR) is 98.7 cm³/mol. The number of pyridine rings is 1. The van der Waals surface area contributed by atoms with Crippen LogP contribution in [-0.2, 0) is 9.47 Å². The average molecular weight is 361 g/mol. The fourth-order valence-corrected chi connectivity index (χ4v) is 3.12. The van der Waals surface area contributed by atoms with Gasteiger partial charge in [-0.05, 0) is 26.8 Å². The van der Waals surface area contributed by atoms with Crippen molar-refractivity contribution in [2.24, 2.45) is 11.3 Å². The summed E-state index contributed by atoms with van der Waals surface area (Å²) in [7, 11) is 0. The number of carbonyl (C=O) groups excluding carboxylic acids is 2. The minimum Gasteiger partial charge on any atom is -0.444 e. The number of nitrogens with one attached hydrogen (secondary N) is 1. The molecule has 2 saturated heterocycles. The number of hydrogen-bond donors (Lipinski definition) is 1. The Balaban J connectivity index is 1.81. The first-order valence-electron chi connectivity index (χ1n) is 8.96. The standard InChI is InChI=1S/C19H27N3O4/c1-12(2)16(23)15-14(21-17(24)26-18(3,4)5)6-13(7-20-15)22-8-19(9-22)10-25-11-19/h6-7,12H,8-11H2,1-5H3,(H,21,24). The number of amides is 1. The molecule has 2 aliphatic heterocycles. The molecule has 0 aliphatic carbocycles. The SMILES string of the molecule is CC(C)C(=O)c1ncc(N2CC3(COC3)C2)cc1NC(=O)OC(C)(C)C. The summed E-state index contributed by atoms with van der Waals surface area (Å²) in [5.41, 5.74) is 1.18. The summed E-state index contributed by atoms with van der Waals surface area (Å²) in [5, 5.41) is 2.70. The van der Waals surface area contributed by atoms with Crippen molar-refractivity contribution in [2.45, 2.75) is 40.2 Å².